The van der Waals surface area contributed by atoms with Gasteiger partial charge in [-0.1, -0.05) is 55.5 Å². The van der Waals surface area contributed by atoms with Gasteiger partial charge in [-0.25, -0.2) is 0 Å². The first-order valence-electron chi connectivity index (χ1n) is 9.84. The molecule has 0 amide bonds. The normalized spacial score (nSPS) is 14.2. The van der Waals surface area contributed by atoms with Crippen LogP contribution in [0.4, 0.5) is 0 Å². The van der Waals surface area contributed by atoms with Crippen molar-refractivity contribution >= 4 is 0 Å². The quantitative estimate of drug-likeness (QED) is 0.293. The van der Waals surface area contributed by atoms with Crippen molar-refractivity contribution in [2.45, 2.75) is 26.2 Å². The van der Waals surface area contributed by atoms with Crippen molar-refractivity contribution in [3.8, 4) is 5.75 Å². The molecule has 2 rings (SSSR count). The predicted octanol–water partition coefficient (Wildman–Crippen LogP) is 4.20. The molecule has 0 aliphatic rings. The Balaban J connectivity index is 1.76. The van der Waals surface area contributed by atoms with Crippen LogP contribution in [0.15, 0.2) is 67.3 Å². The number of aliphatic hydroxyl groups excluding tert-OH is 1. The molecule has 0 saturated heterocycles. The van der Waals surface area contributed by atoms with Crippen molar-refractivity contribution < 1.29 is 24.1 Å². The maximum atomic E-state index is 10.6. The fourth-order valence-corrected chi connectivity index (χ4v) is 2.86. The number of hydrogen-bond donors (Lipinski definition) is 1. The lowest BCUT2D eigenvalue weighted by Crippen LogP contribution is -2.33. The molecule has 0 heterocycles. The average molecular weight is 401 g/mol. The lowest BCUT2D eigenvalue weighted by atomic mass is 9.93. The zero-order valence-electron chi connectivity index (χ0n) is 17.3. The van der Waals surface area contributed by atoms with E-state index in [1.54, 1.807) is 13.2 Å². The van der Waals surface area contributed by atoms with Gasteiger partial charge in [0.25, 0.3) is 0 Å². The highest BCUT2D eigenvalue weighted by Crippen LogP contribution is 2.17. The minimum absolute atomic E-state index is 0.0570. The van der Waals surface area contributed by atoms with E-state index in [1.165, 1.54) is 0 Å². The number of benzene rings is 2. The van der Waals surface area contributed by atoms with E-state index in [4.69, 9.17) is 18.9 Å². The highest BCUT2D eigenvalue weighted by atomic mass is 16.7. The van der Waals surface area contributed by atoms with Crippen molar-refractivity contribution in [1.82, 2.24) is 0 Å². The largest absolute Gasteiger partial charge is 0.497 e. The Morgan fingerprint density at radius 3 is 2.17 bits per heavy atom. The van der Waals surface area contributed by atoms with Gasteiger partial charge in [0.2, 0.25) is 0 Å². The summed E-state index contributed by atoms with van der Waals surface area (Å²) in [5, 5.41) is 10.6. The van der Waals surface area contributed by atoms with Crippen LogP contribution in [-0.4, -0.2) is 38.3 Å². The first-order valence-corrected chi connectivity index (χ1v) is 9.84. The maximum Gasteiger partial charge on any atom is 0.147 e. The number of hydrogen-bond acceptors (Lipinski definition) is 5. The summed E-state index contributed by atoms with van der Waals surface area (Å²) in [5.74, 6) is 0.575. The molecule has 0 saturated carbocycles. The second-order valence-electron chi connectivity index (χ2n) is 7.03. The third-order valence-corrected chi connectivity index (χ3v) is 4.76. The molecule has 0 radical (unpaired) electrons. The number of methoxy groups -OCH3 is 1. The van der Waals surface area contributed by atoms with E-state index in [0.717, 1.165) is 16.9 Å². The smallest absolute Gasteiger partial charge is 0.147 e. The molecule has 0 aliphatic heterocycles. The van der Waals surface area contributed by atoms with Gasteiger partial charge in [-0.3, -0.25) is 0 Å². The van der Waals surface area contributed by atoms with Crippen molar-refractivity contribution in [3.63, 3.8) is 0 Å². The Morgan fingerprint density at radius 1 is 0.897 bits per heavy atom. The van der Waals surface area contributed by atoms with E-state index in [1.807, 2.05) is 61.5 Å². The van der Waals surface area contributed by atoms with Crippen LogP contribution in [0.2, 0.25) is 0 Å². The molecule has 0 aliphatic carbocycles. The fraction of sp³-hybridized carbons (Fsp3) is 0.417. The van der Waals surface area contributed by atoms with Crippen molar-refractivity contribution in [1.29, 1.82) is 0 Å². The van der Waals surface area contributed by atoms with Crippen LogP contribution in [0.25, 0.3) is 0 Å². The summed E-state index contributed by atoms with van der Waals surface area (Å²) in [6, 6.07) is 17.7. The number of ether oxygens (including phenoxy) is 4. The van der Waals surface area contributed by atoms with E-state index in [9.17, 15) is 5.11 Å². The van der Waals surface area contributed by atoms with Gasteiger partial charge in [0, 0.05) is 11.8 Å². The molecule has 0 unspecified atom stereocenters. The second kappa shape index (κ2) is 13.1. The minimum atomic E-state index is -0.600. The molecule has 29 heavy (non-hydrogen) atoms. The van der Waals surface area contributed by atoms with Crippen molar-refractivity contribution in [3.05, 3.63) is 78.4 Å². The van der Waals surface area contributed by atoms with Gasteiger partial charge in [0.05, 0.1) is 39.6 Å². The van der Waals surface area contributed by atoms with E-state index >= 15 is 0 Å². The van der Waals surface area contributed by atoms with Gasteiger partial charge in [-0.2, -0.15) is 0 Å². The van der Waals surface area contributed by atoms with Gasteiger partial charge >= 0.3 is 0 Å². The van der Waals surface area contributed by atoms with Crippen LogP contribution in [0.1, 0.15) is 18.1 Å². The first kappa shape index (κ1) is 23.1. The predicted molar refractivity (Wildman–Crippen MR) is 114 cm³/mol. The number of aliphatic hydroxyl groups is 1. The summed E-state index contributed by atoms with van der Waals surface area (Å²) >= 11 is 0. The van der Waals surface area contributed by atoms with Crippen LogP contribution in [0.5, 0.6) is 5.75 Å². The molecule has 158 valence electrons. The molecular weight excluding hydrogens is 368 g/mol. The zero-order valence-corrected chi connectivity index (χ0v) is 17.3. The van der Waals surface area contributed by atoms with E-state index in [2.05, 4.69) is 6.58 Å². The van der Waals surface area contributed by atoms with Crippen LogP contribution in [0.3, 0.4) is 0 Å². The van der Waals surface area contributed by atoms with Gasteiger partial charge < -0.3 is 24.1 Å². The van der Waals surface area contributed by atoms with Crippen LogP contribution < -0.4 is 4.74 Å². The van der Waals surface area contributed by atoms with E-state index < -0.39 is 6.10 Å². The molecule has 3 atom stereocenters. The molecule has 0 spiro atoms. The van der Waals surface area contributed by atoms with Crippen molar-refractivity contribution in [2.75, 3.05) is 27.1 Å². The standard InChI is InChI=1S/C24H32O5/c1-4-19(2)24(25)22(16-27-14-21-10-12-23(26-3)13-11-21)17-29-18-28-15-20-8-6-5-7-9-20/h4-13,19,22,24-25H,1,14-18H2,2-3H3/t19-,22+,24-/m0/s1. The Bertz CT molecular complexity index is 686. The third-order valence-electron chi connectivity index (χ3n) is 4.76. The van der Waals surface area contributed by atoms with Crippen LogP contribution in [0, 0.1) is 11.8 Å². The Kier molecular flexibility index (Phi) is 10.5. The SMILES string of the molecule is C=C[C@H](C)[C@H](O)[C@@H](COCOCc1ccccc1)COCc1ccc(OC)cc1. The Hall–Kier alpha value is -2.18. The Morgan fingerprint density at radius 2 is 1.52 bits per heavy atom. The summed E-state index contributed by atoms with van der Waals surface area (Å²) in [6.45, 7) is 7.54. The minimum Gasteiger partial charge on any atom is -0.497 e. The Labute approximate surface area is 173 Å². The summed E-state index contributed by atoms with van der Waals surface area (Å²) < 4.78 is 22.2. The molecule has 2 aromatic carbocycles. The topological polar surface area (TPSA) is 57.2 Å². The monoisotopic (exact) mass is 400 g/mol. The van der Waals surface area contributed by atoms with Gasteiger partial charge in [-0.05, 0) is 23.3 Å². The first-order chi connectivity index (χ1) is 14.1. The molecule has 0 bridgehead atoms. The van der Waals surface area contributed by atoms with Gasteiger partial charge in [0.15, 0.2) is 0 Å². The van der Waals surface area contributed by atoms with E-state index in [0.29, 0.717) is 26.4 Å². The molecule has 0 fully saturated rings. The van der Waals surface area contributed by atoms with Crippen molar-refractivity contribution in [2.24, 2.45) is 11.8 Å². The molecular formula is C24H32O5. The summed E-state index contributed by atoms with van der Waals surface area (Å²) in [4.78, 5) is 0. The molecule has 5 nitrogen and oxygen atoms in total. The number of rotatable bonds is 14. The third kappa shape index (κ3) is 8.38. The summed E-state index contributed by atoms with van der Waals surface area (Å²) in [5.41, 5.74) is 2.14. The van der Waals surface area contributed by atoms with Gasteiger partial charge in [-0.15, -0.1) is 6.58 Å². The lowest BCUT2D eigenvalue weighted by Gasteiger charge is -2.26. The average Bonchev–Trinajstić information content (AvgIpc) is 2.77. The van der Waals surface area contributed by atoms with Crippen LogP contribution >= 0.6 is 0 Å². The van der Waals surface area contributed by atoms with Gasteiger partial charge in [0.1, 0.15) is 12.5 Å². The summed E-state index contributed by atoms with van der Waals surface area (Å²) in [6.07, 6.45) is 1.14. The highest BCUT2D eigenvalue weighted by molar-refractivity contribution is 5.26. The molecule has 1 N–H and O–H groups in total. The maximum absolute atomic E-state index is 10.6. The lowest BCUT2D eigenvalue weighted by molar-refractivity contribution is -0.1000. The highest BCUT2D eigenvalue weighted by Gasteiger charge is 2.24. The fourth-order valence-electron chi connectivity index (χ4n) is 2.86. The second-order valence-corrected chi connectivity index (χ2v) is 7.03. The summed E-state index contributed by atoms with van der Waals surface area (Å²) in [7, 11) is 1.64. The molecule has 0 aromatic heterocycles. The molecule has 2 aromatic rings. The van der Waals surface area contributed by atoms with Crippen LogP contribution in [-0.2, 0) is 27.4 Å². The van der Waals surface area contributed by atoms with E-state index in [-0.39, 0.29) is 18.6 Å². The zero-order chi connectivity index (χ0) is 20.9. The molecule has 5 heteroatoms.